The molecule has 1 fully saturated rings. The van der Waals surface area contributed by atoms with Gasteiger partial charge in [0.2, 0.25) is 0 Å². The van der Waals surface area contributed by atoms with Crippen molar-refractivity contribution in [2.45, 2.75) is 76.4 Å². The first-order valence-corrected chi connectivity index (χ1v) is 23.2. The first-order chi connectivity index (χ1) is 29.3. The first kappa shape index (κ1) is 42.7. The Balaban J connectivity index is 1.19. The van der Waals surface area contributed by atoms with Crippen molar-refractivity contribution in [3.63, 3.8) is 0 Å². The van der Waals surface area contributed by atoms with Crippen molar-refractivity contribution >= 4 is 45.0 Å². The van der Waals surface area contributed by atoms with E-state index in [2.05, 4.69) is 31.2 Å². The van der Waals surface area contributed by atoms with Crippen molar-refractivity contribution in [1.82, 2.24) is 14.5 Å². The fourth-order valence-electron chi connectivity index (χ4n) is 9.61. The van der Waals surface area contributed by atoms with Crippen LogP contribution >= 0.6 is 11.6 Å². The van der Waals surface area contributed by atoms with E-state index in [1.165, 1.54) is 22.0 Å². The highest BCUT2D eigenvalue weighted by Gasteiger charge is 2.44. The van der Waals surface area contributed by atoms with E-state index in [0.29, 0.717) is 42.6 Å². The van der Waals surface area contributed by atoms with E-state index in [-0.39, 0.29) is 46.7 Å². The molecular weight excluding hydrogens is 814 g/mol. The molecule has 0 saturated heterocycles. The number of carbonyl (C=O) groups is 3. The number of hydrogen-bond acceptors (Lipinski definition) is 9. The van der Waals surface area contributed by atoms with E-state index < -0.39 is 39.7 Å². The summed E-state index contributed by atoms with van der Waals surface area (Å²) >= 11 is 6.50. The molecule has 3 aromatic carbocycles. The minimum Gasteiger partial charge on any atom is -0.490 e. The monoisotopic (exact) mass is 867 g/mol. The van der Waals surface area contributed by atoms with Gasteiger partial charge in [0.25, 0.3) is 11.8 Å². The lowest BCUT2D eigenvalue weighted by Gasteiger charge is -2.46. The van der Waals surface area contributed by atoms with Crippen molar-refractivity contribution in [3.05, 3.63) is 124 Å². The van der Waals surface area contributed by atoms with Gasteiger partial charge >= 0.3 is 5.97 Å². The van der Waals surface area contributed by atoms with Gasteiger partial charge in [0.05, 0.1) is 35.4 Å². The second-order valence-electron chi connectivity index (χ2n) is 17.2. The molecule has 1 saturated carbocycles. The summed E-state index contributed by atoms with van der Waals surface area (Å²) in [7, 11) is -0.466. The number of aromatic nitrogens is 2. The zero-order valence-electron chi connectivity index (χ0n) is 35.2. The number of aryl methyl sites for hydroxylation is 4. The molecule has 1 aromatic heterocycles. The van der Waals surface area contributed by atoms with Crippen LogP contribution in [0.1, 0.15) is 82.1 Å². The Morgan fingerprint density at radius 2 is 1.87 bits per heavy atom. The summed E-state index contributed by atoms with van der Waals surface area (Å²) in [6, 6.07) is 21.1. The molecule has 1 unspecified atom stereocenters. The van der Waals surface area contributed by atoms with Gasteiger partial charge in [-0.3, -0.25) is 23.8 Å². The topological polar surface area (TPSA) is 141 Å². The Morgan fingerprint density at radius 3 is 2.61 bits per heavy atom. The van der Waals surface area contributed by atoms with E-state index >= 15 is 4.21 Å². The first-order valence-electron chi connectivity index (χ1n) is 21.2. The summed E-state index contributed by atoms with van der Waals surface area (Å²) in [6.07, 6.45) is 9.53. The smallest absolute Gasteiger partial charge is 0.306 e. The van der Waals surface area contributed by atoms with Gasteiger partial charge in [0.1, 0.15) is 21.8 Å². The lowest BCUT2D eigenvalue weighted by atomic mass is 9.68. The summed E-state index contributed by atoms with van der Waals surface area (Å²) in [6.45, 7) is 5.24. The van der Waals surface area contributed by atoms with E-state index in [0.717, 1.165) is 43.4 Å². The standard InChI is InChI=1S/C47H54ClN5O7S/c1-30-27-61(57,51-46(56)38-26-52(3)49-31(38)2)50-45(55)34-14-18-43-40(24-34)53(28-47(29-59-43)22-8-11-33-23-36(48)15-17-39(33)47)25-35-13-16-37(35)42(58-4)20-19-41(30)60-44(54)21-12-32-9-6-5-7-10-32/h5-7,9-10,14-15,17-20,23-24,26,30,35,37,41-42H,8,11-13,16,21-22,25,27-29H2,1-4H3,(H,50,51,55,56,57)/b20-19+/t30-,35+,37-,41+,42+,47+,61?/m1/s1. The summed E-state index contributed by atoms with van der Waals surface area (Å²) in [5.41, 5.74) is 4.73. The van der Waals surface area contributed by atoms with Crippen LogP contribution in [0.5, 0.6) is 5.75 Å². The maximum atomic E-state index is 15.1. The van der Waals surface area contributed by atoms with Crippen LogP contribution in [0.3, 0.4) is 0 Å². The van der Waals surface area contributed by atoms with Crippen molar-refractivity contribution in [2.24, 2.45) is 29.2 Å². The molecule has 2 amide bonds. The number of rotatable bonds is 7. The molecule has 0 radical (unpaired) electrons. The zero-order valence-corrected chi connectivity index (χ0v) is 36.8. The quantitative estimate of drug-likeness (QED) is 0.147. The van der Waals surface area contributed by atoms with Crippen LogP contribution in [0, 0.1) is 24.7 Å². The van der Waals surface area contributed by atoms with Gasteiger partial charge in [-0.15, -0.1) is 4.36 Å². The second kappa shape index (κ2) is 17.8. The summed E-state index contributed by atoms with van der Waals surface area (Å²) in [5, 5.41) is 4.99. The van der Waals surface area contributed by atoms with E-state index in [9.17, 15) is 14.4 Å². The summed E-state index contributed by atoms with van der Waals surface area (Å²) < 4.78 is 42.6. The third-order valence-corrected chi connectivity index (χ3v) is 15.1. The number of halogens is 1. The third kappa shape index (κ3) is 9.29. The van der Waals surface area contributed by atoms with Crippen molar-refractivity contribution in [1.29, 1.82) is 0 Å². The van der Waals surface area contributed by atoms with Crippen LogP contribution in [0.15, 0.2) is 89.4 Å². The number of carbonyl (C=O) groups excluding carboxylic acids is 3. The van der Waals surface area contributed by atoms with Gasteiger partial charge in [0, 0.05) is 61.8 Å². The number of nitrogens with one attached hydrogen (secondary N) is 1. The molecule has 1 N–H and O–H groups in total. The van der Waals surface area contributed by atoms with Crippen LogP contribution in [-0.4, -0.2) is 76.5 Å². The van der Waals surface area contributed by atoms with Crippen LogP contribution in [-0.2, 0) is 49.5 Å². The van der Waals surface area contributed by atoms with Gasteiger partial charge in [-0.25, -0.2) is 4.21 Å². The summed E-state index contributed by atoms with van der Waals surface area (Å²) in [4.78, 5) is 44.0. The molecule has 2 aliphatic heterocycles. The fraction of sp³-hybridized carbons (Fsp3) is 0.447. The molecule has 12 nitrogen and oxygen atoms in total. The third-order valence-electron chi connectivity index (χ3n) is 12.9. The Kier molecular flexibility index (Phi) is 12.4. The number of fused-ring (bicyclic) bond motifs is 4. The Labute approximate surface area is 363 Å². The van der Waals surface area contributed by atoms with E-state index in [1.807, 2.05) is 48.6 Å². The largest absolute Gasteiger partial charge is 0.490 e. The number of nitrogens with zero attached hydrogens (tertiary/aromatic N) is 4. The van der Waals surface area contributed by atoms with Gasteiger partial charge in [0.15, 0.2) is 0 Å². The molecule has 4 aromatic rings. The molecule has 61 heavy (non-hydrogen) atoms. The molecule has 322 valence electrons. The molecule has 1 spiro atoms. The number of ether oxygens (including phenoxy) is 3. The van der Waals surface area contributed by atoms with Crippen LogP contribution < -0.4 is 14.4 Å². The van der Waals surface area contributed by atoms with Crippen molar-refractivity contribution in [2.75, 3.05) is 37.5 Å². The maximum absolute atomic E-state index is 15.1. The molecule has 3 heterocycles. The van der Waals surface area contributed by atoms with Gasteiger partial charge < -0.3 is 19.1 Å². The molecule has 7 atom stereocenters. The van der Waals surface area contributed by atoms with E-state index in [4.69, 9.17) is 25.8 Å². The average molecular weight is 868 g/mol. The number of methoxy groups -OCH3 is 1. The predicted octanol–water partition coefficient (Wildman–Crippen LogP) is 7.60. The molecule has 2 bridgehead atoms. The van der Waals surface area contributed by atoms with Crippen LogP contribution in [0.25, 0.3) is 0 Å². The number of hydrogen-bond donors (Lipinski definition) is 1. The molecule has 2 aliphatic carbocycles. The highest BCUT2D eigenvalue weighted by molar-refractivity contribution is 7.92. The lowest BCUT2D eigenvalue weighted by molar-refractivity contribution is -0.148. The maximum Gasteiger partial charge on any atom is 0.306 e. The molecular formula is C47H54ClN5O7S. The fourth-order valence-corrected chi connectivity index (χ4v) is 11.7. The zero-order chi connectivity index (χ0) is 42.9. The number of esters is 1. The Bertz CT molecular complexity index is 2460. The number of amides is 2. The number of benzene rings is 3. The average Bonchev–Trinajstić information content (AvgIpc) is 3.50. The van der Waals surface area contributed by atoms with Gasteiger partial charge in [-0.05, 0) is 110 Å². The second-order valence-corrected chi connectivity index (χ2v) is 19.7. The lowest BCUT2D eigenvalue weighted by Crippen LogP contribution is -2.49. The number of anilines is 1. The van der Waals surface area contributed by atoms with Gasteiger partial charge in [-0.2, -0.15) is 5.10 Å². The Hall–Kier alpha value is -4.98. The van der Waals surface area contributed by atoms with Crippen LogP contribution in [0.4, 0.5) is 5.69 Å². The molecule has 8 rings (SSSR count). The van der Waals surface area contributed by atoms with E-state index in [1.54, 1.807) is 46.2 Å². The summed E-state index contributed by atoms with van der Waals surface area (Å²) in [5.74, 6) is -1.75. The highest BCUT2D eigenvalue weighted by atomic mass is 35.5. The predicted molar refractivity (Wildman–Crippen MR) is 235 cm³/mol. The molecule has 14 heteroatoms. The van der Waals surface area contributed by atoms with Crippen LogP contribution in [0.2, 0.25) is 5.02 Å². The normalized spacial score (nSPS) is 27.9. The van der Waals surface area contributed by atoms with Crippen molar-refractivity contribution < 1.29 is 32.8 Å². The minimum atomic E-state index is -3.85. The Morgan fingerprint density at radius 1 is 1.07 bits per heavy atom. The molecule has 4 aliphatic rings. The highest BCUT2D eigenvalue weighted by Crippen LogP contribution is 2.47. The van der Waals surface area contributed by atoms with Crippen molar-refractivity contribution in [3.8, 4) is 5.75 Å². The van der Waals surface area contributed by atoms with Gasteiger partial charge in [-0.1, -0.05) is 61.0 Å². The minimum absolute atomic E-state index is 0.131. The SMILES string of the molecule is CO[C@H]1/C=C/[C@H](OC(=O)CCc2ccccc2)[C@H](C)CS(=O)(NC(=O)c2cn(C)nc2C)=NC(=O)c2ccc3c(c2)N(C[C@@H]2CC[C@H]21)C[C@@]1(CCCc2cc(Cl)ccc21)CO3.